The van der Waals surface area contributed by atoms with E-state index in [4.69, 9.17) is 11.6 Å². The maximum atomic E-state index is 12.5. The van der Waals surface area contributed by atoms with Crippen molar-refractivity contribution in [2.24, 2.45) is 5.92 Å². The molecule has 0 N–H and O–H groups in total. The smallest absolute Gasteiger partial charge is 0.274 e. The van der Waals surface area contributed by atoms with Crippen LogP contribution in [0.5, 0.6) is 0 Å². The predicted octanol–water partition coefficient (Wildman–Crippen LogP) is 3.42. The van der Waals surface area contributed by atoms with E-state index in [1.54, 1.807) is 0 Å². The van der Waals surface area contributed by atoms with Crippen LogP contribution < -0.4 is 0 Å². The molecule has 5 heteroatoms. The van der Waals surface area contributed by atoms with Crippen molar-refractivity contribution in [3.05, 3.63) is 23.2 Å². The molecule has 0 atom stereocenters. The summed E-state index contributed by atoms with van der Waals surface area (Å²) in [5, 5.41) is 0.300. The van der Waals surface area contributed by atoms with Gasteiger partial charge in [0.2, 0.25) is 0 Å². The highest BCUT2D eigenvalue weighted by molar-refractivity contribution is 6.29. The minimum absolute atomic E-state index is 0.0634. The third-order valence-electron chi connectivity index (χ3n) is 3.05. The van der Waals surface area contributed by atoms with Crippen molar-refractivity contribution in [2.45, 2.75) is 46.6 Å². The van der Waals surface area contributed by atoms with Gasteiger partial charge in [-0.1, -0.05) is 39.3 Å². The summed E-state index contributed by atoms with van der Waals surface area (Å²) in [6.07, 6.45) is 4.74. The lowest BCUT2D eigenvalue weighted by Gasteiger charge is -2.31. The van der Waals surface area contributed by atoms with Gasteiger partial charge < -0.3 is 4.90 Å². The fourth-order valence-corrected chi connectivity index (χ4v) is 2.19. The van der Waals surface area contributed by atoms with E-state index in [0.29, 0.717) is 16.8 Å². The van der Waals surface area contributed by atoms with Gasteiger partial charge in [0.25, 0.3) is 5.91 Å². The van der Waals surface area contributed by atoms with E-state index in [1.807, 2.05) is 4.90 Å². The van der Waals surface area contributed by atoms with Crippen LogP contribution in [-0.4, -0.2) is 33.4 Å². The lowest BCUT2D eigenvalue weighted by Crippen LogP contribution is -2.42. The normalized spacial score (nSPS) is 11.1. The standard InChI is InChI=1S/C14H22ClN3O/c1-5-11(6-2)18(9-10(3)4)14(19)12-7-17-13(15)8-16-12/h7-8,10-11H,5-6,9H2,1-4H3. The Balaban J connectivity index is 2.96. The van der Waals surface area contributed by atoms with Crippen LogP contribution >= 0.6 is 11.6 Å². The second-order valence-electron chi connectivity index (χ2n) is 5.05. The Morgan fingerprint density at radius 1 is 1.26 bits per heavy atom. The van der Waals surface area contributed by atoms with Crippen molar-refractivity contribution in [1.82, 2.24) is 14.9 Å². The van der Waals surface area contributed by atoms with Crippen molar-refractivity contribution in [3.63, 3.8) is 0 Å². The molecule has 1 aromatic heterocycles. The second kappa shape index (κ2) is 7.43. The summed E-state index contributed by atoms with van der Waals surface area (Å²) >= 11 is 5.70. The third-order valence-corrected chi connectivity index (χ3v) is 3.24. The molecule has 1 rings (SSSR count). The number of halogens is 1. The number of carbonyl (C=O) groups excluding carboxylic acids is 1. The first-order valence-electron chi connectivity index (χ1n) is 6.78. The minimum atomic E-state index is -0.0634. The first-order chi connectivity index (χ1) is 8.99. The van der Waals surface area contributed by atoms with Gasteiger partial charge in [-0.3, -0.25) is 4.79 Å². The number of hydrogen-bond donors (Lipinski definition) is 0. The zero-order valence-electron chi connectivity index (χ0n) is 12.1. The molecule has 0 aliphatic heterocycles. The zero-order chi connectivity index (χ0) is 14.4. The topological polar surface area (TPSA) is 46.1 Å². The van der Waals surface area contributed by atoms with Crippen LogP contribution in [0.25, 0.3) is 0 Å². The number of aromatic nitrogens is 2. The molecule has 0 saturated heterocycles. The Hall–Kier alpha value is -1.16. The fraction of sp³-hybridized carbons (Fsp3) is 0.643. The first kappa shape index (κ1) is 15.9. The van der Waals surface area contributed by atoms with E-state index in [-0.39, 0.29) is 11.9 Å². The molecule has 0 saturated carbocycles. The summed E-state index contributed by atoms with van der Waals surface area (Å²) < 4.78 is 0. The minimum Gasteiger partial charge on any atom is -0.334 e. The average molecular weight is 284 g/mol. The molecule has 0 radical (unpaired) electrons. The molecular weight excluding hydrogens is 262 g/mol. The van der Waals surface area contributed by atoms with E-state index >= 15 is 0 Å². The average Bonchev–Trinajstić information content (AvgIpc) is 2.38. The van der Waals surface area contributed by atoms with Crippen molar-refractivity contribution >= 4 is 17.5 Å². The van der Waals surface area contributed by atoms with Crippen LogP contribution in [0, 0.1) is 5.92 Å². The number of amides is 1. The number of nitrogens with zero attached hydrogens (tertiary/aromatic N) is 3. The molecule has 19 heavy (non-hydrogen) atoms. The Kier molecular flexibility index (Phi) is 6.22. The molecule has 0 bridgehead atoms. The van der Waals surface area contributed by atoms with Gasteiger partial charge in [-0.25, -0.2) is 9.97 Å². The Labute approximate surface area is 120 Å². The van der Waals surface area contributed by atoms with Crippen molar-refractivity contribution in [1.29, 1.82) is 0 Å². The number of hydrogen-bond acceptors (Lipinski definition) is 3. The predicted molar refractivity (Wildman–Crippen MR) is 77.3 cm³/mol. The third kappa shape index (κ3) is 4.46. The summed E-state index contributed by atoms with van der Waals surface area (Å²) in [5.41, 5.74) is 0.358. The van der Waals surface area contributed by atoms with E-state index in [2.05, 4.69) is 37.7 Å². The Bertz CT molecular complexity index is 402. The van der Waals surface area contributed by atoms with Gasteiger partial charge in [-0.05, 0) is 18.8 Å². The molecule has 1 heterocycles. The van der Waals surface area contributed by atoms with Crippen molar-refractivity contribution in [3.8, 4) is 0 Å². The Morgan fingerprint density at radius 3 is 2.32 bits per heavy atom. The van der Waals surface area contributed by atoms with Gasteiger partial charge in [0, 0.05) is 12.6 Å². The van der Waals surface area contributed by atoms with E-state index in [0.717, 1.165) is 19.4 Å². The summed E-state index contributed by atoms with van der Waals surface area (Å²) in [5.74, 6) is 0.358. The lowest BCUT2D eigenvalue weighted by molar-refractivity contribution is 0.0633. The molecule has 106 valence electrons. The van der Waals surface area contributed by atoms with Crippen molar-refractivity contribution < 1.29 is 4.79 Å². The van der Waals surface area contributed by atoms with Gasteiger partial charge in [0.05, 0.1) is 12.4 Å². The van der Waals surface area contributed by atoms with E-state index in [1.165, 1.54) is 12.4 Å². The SMILES string of the molecule is CCC(CC)N(CC(C)C)C(=O)c1cnc(Cl)cn1. The van der Waals surface area contributed by atoms with E-state index < -0.39 is 0 Å². The van der Waals surface area contributed by atoms with Gasteiger partial charge >= 0.3 is 0 Å². The van der Waals surface area contributed by atoms with Crippen LogP contribution in [0.4, 0.5) is 0 Å². The number of rotatable bonds is 6. The van der Waals surface area contributed by atoms with Gasteiger partial charge in [0.15, 0.2) is 0 Å². The summed E-state index contributed by atoms with van der Waals surface area (Å²) in [6, 6.07) is 0.243. The molecule has 0 unspecified atom stereocenters. The van der Waals surface area contributed by atoms with Gasteiger partial charge in [-0.2, -0.15) is 0 Å². The molecule has 4 nitrogen and oxygen atoms in total. The second-order valence-corrected chi connectivity index (χ2v) is 5.43. The van der Waals surface area contributed by atoms with Crippen molar-refractivity contribution in [2.75, 3.05) is 6.54 Å². The summed E-state index contributed by atoms with van der Waals surface area (Å²) in [7, 11) is 0. The molecule has 0 spiro atoms. The molecule has 0 fully saturated rings. The Morgan fingerprint density at radius 2 is 1.89 bits per heavy atom. The van der Waals surface area contributed by atoms with Crippen LogP contribution in [0.2, 0.25) is 5.15 Å². The quantitative estimate of drug-likeness (QED) is 0.804. The summed E-state index contributed by atoms with van der Waals surface area (Å²) in [4.78, 5) is 22.4. The van der Waals surface area contributed by atoms with Gasteiger partial charge in [-0.15, -0.1) is 0 Å². The highest BCUT2D eigenvalue weighted by Crippen LogP contribution is 2.15. The van der Waals surface area contributed by atoms with Crippen LogP contribution in [0.15, 0.2) is 12.4 Å². The van der Waals surface area contributed by atoms with Gasteiger partial charge in [0.1, 0.15) is 10.8 Å². The molecule has 0 aliphatic carbocycles. The zero-order valence-corrected chi connectivity index (χ0v) is 12.8. The molecular formula is C14H22ClN3O. The highest BCUT2D eigenvalue weighted by Gasteiger charge is 2.24. The van der Waals surface area contributed by atoms with Crippen LogP contribution in [0.3, 0.4) is 0 Å². The van der Waals surface area contributed by atoms with Crippen LogP contribution in [0.1, 0.15) is 51.0 Å². The molecule has 1 amide bonds. The first-order valence-corrected chi connectivity index (χ1v) is 7.15. The van der Waals surface area contributed by atoms with E-state index in [9.17, 15) is 4.79 Å². The highest BCUT2D eigenvalue weighted by atomic mass is 35.5. The molecule has 0 aromatic carbocycles. The fourth-order valence-electron chi connectivity index (χ4n) is 2.09. The maximum absolute atomic E-state index is 12.5. The summed E-state index contributed by atoms with van der Waals surface area (Å²) in [6.45, 7) is 9.15. The lowest BCUT2D eigenvalue weighted by atomic mass is 10.1. The largest absolute Gasteiger partial charge is 0.334 e. The maximum Gasteiger partial charge on any atom is 0.274 e. The molecule has 1 aromatic rings. The number of carbonyl (C=O) groups is 1. The molecule has 0 aliphatic rings. The van der Waals surface area contributed by atoms with Crippen LogP contribution in [-0.2, 0) is 0 Å². The monoisotopic (exact) mass is 283 g/mol.